The molecule has 0 saturated carbocycles. The summed E-state index contributed by atoms with van der Waals surface area (Å²) < 4.78 is 15.0. The Hall–Kier alpha value is -2.70. The Labute approximate surface area is 170 Å². The molecule has 0 unspecified atom stereocenters. The van der Waals surface area contributed by atoms with Crippen LogP contribution in [-0.2, 0) is 19.5 Å². The number of likely N-dealkylation sites (tertiary alicyclic amines) is 1. The molecule has 29 heavy (non-hydrogen) atoms. The van der Waals surface area contributed by atoms with Crippen molar-refractivity contribution in [2.45, 2.75) is 58.0 Å². The van der Waals surface area contributed by atoms with E-state index in [4.69, 9.17) is 0 Å². The summed E-state index contributed by atoms with van der Waals surface area (Å²) >= 11 is 0. The predicted molar refractivity (Wildman–Crippen MR) is 107 cm³/mol. The van der Waals surface area contributed by atoms with Gasteiger partial charge in [0.25, 0.3) is 11.8 Å². The first-order valence-corrected chi connectivity index (χ1v) is 10.5. The number of imidazole rings is 1. The standard InChI is InChI=1S/C22H27FN4O2/c23-17-10-8-16(9-11-17)15-24-21(28)20-25-19(18-7-3-6-14-27(18)20)22(29)26-12-4-1-2-5-13-26/h8-11H,1-7,12-15H2,(H,24,28). The summed E-state index contributed by atoms with van der Waals surface area (Å²) in [6.07, 6.45) is 7.10. The van der Waals surface area contributed by atoms with Crippen LogP contribution in [0.5, 0.6) is 0 Å². The van der Waals surface area contributed by atoms with E-state index in [-0.39, 0.29) is 24.2 Å². The van der Waals surface area contributed by atoms with Crippen LogP contribution in [0.2, 0.25) is 0 Å². The Kier molecular flexibility index (Phi) is 5.92. The molecule has 0 atom stereocenters. The maximum Gasteiger partial charge on any atom is 0.287 e. The van der Waals surface area contributed by atoms with Gasteiger partial charge in [-0.1, -0.05) is 25.0 Å². The van der Waals surface area contributed by atoms with Crippen molar-refractivity contribution in [3.05, 3.63) is 52.9 Å². The van der Waals surface area contributed by atoms with Crippen LogP contribution in [0, 0.1) is 5.82 Å². The van der Waals surface area contributed by atoms with Crippen molar-refractivity contribution in [3.8, 4) is 0 Å². The van der Waals surface area contributed by atoms with Gasteiger partial charge >= 0.3 is 0 Å². The molecule has 1 saturated heterocycles. The third-order valence-corrected chi connectivity index (χ3v) is 5.78. The van der Waals surface area contributed by atoms with E-state index >= 15 is 0 Å². The average Bonchev–Trinajstić information content (AvgIpc) is 2.92. The molecule has 0 radical (unpaired) electrons. The van der Waals surface area contributed by atoms with Crippen LogP contribution < -0.4 is 5.32 Å². The van der Waals surface area contributed by atoms with E-state index < -0.39 is 0 Å². The molecule has 1 aromatic carbocycles. The van der Waals surface area contributed by atoms with Crippen molar-refractivity contribution in [2.75, 3.05) is 13.1 Å². The minimum absolute atomic E-state index is 0.0462. The molecular formula is C22H27FN4O2. The summed E-state index contributed by atoms with van der Waals surface area (Å²) in [7, 11) is 0. The number of carbonyl (C=O) groups excluding carboxylic acids is 2. The Morgan fingerprint density at radius 3 is 2.38 bits per heavy atom. The molecular weight excluding hydrogens is 371 g/mol. The van der Waals surface area contributed by atoms with Crippen molar-refractivity contribution < 1.29 is 14.0 Å². The Morgan fingerprint density at radius 2 is 1.66 bits per heavy atom. The molecule has 0 spiro atoms. The van der Waals surface area contributed by atoms with E-state index in [1.807, 2.05) is 9.47 Å². The first-order chi connectivity index (χ1) is 14.1. The molecule has 0 aliphatic carbocycles. The topological polar surface area (TPSA) is 67.2 Å². The highest BCUT2D eigenvalue weighted by atomic mass is 19.1. The van der Waals surface area contributed by atoms with Gasteiger partial charge in [0, 0.05) is 26.2 Å². The number of amides is 2. The highest BCUT2D eigenvalue weighted by Gasteiger charge is 2.30. The van der Waals surface area contributed by atoms with Gasteiger partial charge in [-0.25, -0.2) is 9.37 Å². The minimum atomic E-state index is -0.306. The second kappa shape index (κ2) is 8.76. The van der Waals surface area contributed by atoms with Crippen molar-refractivity contribution >= 4 is 11.8 Å². The van der Waals surface area contributed by atoms with Gasteiger partial charge in [-0.15, -0.1) is 0 Å². The molecule has 6 nitrogen and oxygen atoms in total. The van der Waals surface area contributed by atoms with E-state index in [1.54, 1.807) is 12.1 Å². The zero-order valence-corrected chi connectivity index (χ0v) is 16.6. The summed E-state index contributed by atoms with van der Waals surface area (Å²) in [6, 6.07) is 6.03. The van der Waals surface area contributed by atoms with Crippen LogP contribution in [0.15, 0.2) is 24.3 Å². The first kappa shape index (κ1) is 19.6. The van der Waals surface area contributed by atoms with Crippen LogP contribution in [0.4, 0.5) is 4.39 Å². The van der Waals surface area contributed by atoms with Crippen LogP contribution in [0.25, 0.3) is 0 Å². The van der Waals surface area contributed by atoms with Crippen LogP contribution in [0.3, 0.4) is 0 Å². The van der Waals surface area contributed by atoms with E-state index in [9.17, 15) is 14.0 Å². The van der Waals surface area contributed by atoms with Crippen LogP contribution in [-0.4, -0.2) is 39.4 Å². The Bertz CT molecular complexity index is 883. The third kappa shape index (κ3) is 4.33. The first-order valence-electron chi connectivity index (χ1n) is 10.5. The van der Waals surface area contributed by atoms with Crippen molar-refractivity contribution in [1.82, 2.24) is 19.8 Å². The predicted octanol–water partition coefficient (Wildman–Crippen LogP) is 3.30. The quantitative estimate of drug-likeness (QED) is 0.859. The molecule has 3 heterocycles. The van der Waals surface area contributed by atoms with Gasteiger partial charge in [0.15, 0.2) is 5.82 Å². The molecule has 1 N–H and O–H groups in total. The van der Waals surface area contributed by atoms with Gasteiger partial charge in [0.1, 0.15) is 11.5 Å². The maximum atomic E-state index is 13.2. The van der Waals surface area contributed by atoms with Gasteiger partial charge < -0.3 is 14.8 Å². The van der Waals surface area contributed by atoms with Crippen LogP contribution >= 0.6 is 0 Å². The monoisotopic (exact) mass is 398 g/mol. The number of rotatable bonds is 4. The Balaban J connectivity index is 1.54. The molecule has 1 fully saturated rings. The lowest BCUT2D eigenvalue weighted by Gasteiger charge is -2.21. The number of nitrogens with zero attached hydrogens (tertiary/aromatic N) is 3. The number of carbonyl (C=O) groups is 2. The van der Waals surface area contributed by atoms with Gasteiger partial charge in [0.05, 0.1) is 5.69 Å². The zero-order valence-electron chi connectivity index (χ0n) is 16.6. The SMILES string of the molecule is O=C(NCc1ccc(F)cc1)c1nc(C(=O)N2CCCCCC2)c2n1CCCC2. The minimum Gasteiger partial charge on any atom is -0.345 e. The third-order valence-electron chi connectivity index (χ3n) is 5.78. The average molecular weight is 398 g/mol. The molecule has 4 rings (SSSR count). The molecule has 1 aromatic heterocycles. The van der Waals surface area contributed by atoms with Crippen molar-refractivity contribution in [1.29, 1.82) is 0 Å². The second-order valence-electron chi connectivity index (χ2n) is 7.86. The number of hydrogen-bond donors (Lipinski definition) is 1. The molecule has 0 bridgehead atoms. The molecule has 2 aliphatic heterocycles. The molecule has 2 amide bonds. The normalized spacial score (nSPS) is 16.8. The van der Waals surface area contributed by atoms with E-state index in [2.05, 4.69) is 10.3 Å². The van der Waals surface area contributed by atoms with E-state index in [0.29, 0.717) is 18.1 Å². The molecule has 2 aliphatic rings. The fourth-order valence-corrected chi connectivity index (χ4v) is 4.17. The fraction of sp³-hybridized carbons (Fsp3) is 0.500. The summed E-state index contributed by atoms with van der Waals surface area (Å²) in [5.41, 5.74) is 2.14. The van der Waals surface area contributed by atoms with Gasteiger partial charge in [-0.3, -0.25) is 9.59 Å². The Morgan fingerprint density at radius 1 is 0.966 bits per heavy atom. The maximum absolute atomic E-state index is 13.2. The summed E-state index contributed by atoms with van der Waals surface area (Å²) in [6.45, 7) is 2.51. The second-order valence-corrected chi connectivity index (χ2v) is 7.86. The number of hydrogen-bond acceptors (Lipinski definition) is 3. The van der Waals surface area contributed by atoms with Gasteiger partial charge in [0.2, 0.25) is 0 Å². The zero-order chi connectivity index (χ0) is 20.2. The van der Waals surface area contributed by atoms with Gasteiger partial charge in [-0.2, -0.15) is 0 Å². The number of benzene rings is 1. The molecule has 7 heteroatoms. The van der Waals surface area contributed by atoms with Crippen molar-refractivity contribution in [3.63, 3.8) is 0 Å². The highest BCUT2D eigenvalue weighted by Crippen LogP contribution is 2.23. The summed E-state index contributed by atoms with van der Waals surface area (Å²) in [5.74, 6) is -0.346. The molecule has 2 aromatic rings. The lowest BCUT2D eigenvalue weighted by molar-refractivity contribution is 0.0754. The summed E-state index contributed by atoms with van der Waals surface area (Å²) in [4.78, 5) is 32.4. The van der Waals surface area contributed by atoms with Gasteiger partial charge in [-0.05, 0) is 49.8 Å². The summed E-state index contributed by atoms with van der Waals surface area (Å²) in [5, 5.41) is 2.86. The highest BCUT2D eigenvalue weighted by molar-refractivity contribution is 5.97. The lowest BCUT2D eigenvalue weighted by atomic mass is 10.1. The van der Waals surface area contributed by atoms with E-state index in [1.165, 1.54) is 12.1 Å². The largest absolute Gasteiger partial charge is 0.345 e. The number of halogens is 1. The number of aromatic nitrogens is 2. The smallest absolute Gasteiger partial charge is 0.287 e. The van der Waals surface area contributed by atoms with E-state index in [0.717, 1.165) is 69.3 Å². The fourth-order valence-electron chi connectivity index (χ4n) is 4.17. The molecule has 154 valence electrons. The lowest BCUT2D eigenvalue weighted by Crippen LogP contribution is -2.33. The van der Waals surface area contributed by atoms with Crippen molar-refractivity contribution in [2.24, 2.45) is 0 Å². The van der Waals surface area contributed by atoms with Crippen LogP contribution in [0.1, 0.15) is 70.9 Å². The number of nitrogens with one attached hydrogen (secondary N) is 1. The number of fused-ring (bicyclic) bond motifs is 1.